The zero-order chi connectivity index (χ0) is 2.71. The van der Waals surface area contributed by atoms with Crippen LogP contribution in [0.15, 0.2) is 0 Å². The third-order valence-electron chi connectivity index (χ3n) is 0. The minimum Gasteiger partial charge on any atom is -0.251 e. The van der Waals surface area contributed by atoms with E-state index in [0.29, 0.717) is 0 Å². The van der Waals surface area contributed by atoms with Crippen LogP contribution < -0.4 is 0 Å². The smallest absolute Gasteiger partial charge is 0.0866 e. The fraction of sp³-hybridized carbons (Fsp3) is 1.00. The quantitative estimate of drug-likeness (QED) is 0.416. The van der Waals surface area contributed by atoms with Gasteiger partial charge in [-0.15, -0.1) is 12.4 Å². The van der Waals surface area contributed by atoms with Crippen LogP contribution in [0.3, 0.4) is 0 Å². The van der Waals surface area contributed by atoms with Gasteiger partial charge in [-0.1, -0.05) is 0 Å². The largest absolute Gasteiger partial charge is 0.251 e. The predicted molar refractivity (Wildman–Crippen MR) is 18.9 cm³/mol. The summed E-state index contributed by atoms with van der Waals surface area (Å²) in [4.78, 5) is 0. The molecule has 0 saturated carbocycles. The maximum atomic E-state index is 10.3. The zero-order valence-corrected chi connectivity index (χ0v) is 3.31. The van der Waals surface area contributed by atoms with Crippen molar-refractivity contribution in [2.75, 3.05) is 6.67 Å². The molecular weight excluding hydrogens is 78.5 g/mol. The Kier molecular flexibility index (Phi) is 23.7. The van der Waals surface area contributed by atoms with Crippen molar-refractivity contribution in [3.05, 3.63) is 0 Å². The monoisotopic (exact) mass is 84.0 g/mol. The van der Waals surface area contributed by atoms with E-state index in [4.69, 9.17) is 0 Å². The Morgan fingerprint density at radius 2 is 1.75 bits per heavy atom. The summed E-state index contributed by atoms with van der Waals surface area (Å²) >= 11 is 0. The first-order chi connectivity index (χ1) is 1.41. The SMILES string of the molecule is CCF.Cl. The standard InChI is InChI=1S/C2H5F.ClH/c1-2-3;/h2H2,1H3;1H. The average molecular weight is 84.5 g/mol. The molecule has 0 spiro atoms. The second kappa shape index (κ2) is 10.7. The highest BCUT2D eigenvalue weighted by molar-refractivity contribution is 5.85. The molecule has 0 unspecified atom stereocenters. The lowest BCUT2D eigenvalue weighted by atomic mass is 10.9. The summed E-state index contributed by atoms with van der Waals surface area (Å²) in [6, 6.07) is 0. The van der Waals surface area contributed by atoms with E-state index >= 15 is 0 Å². The van der Waals surface area contributed by atoms with Crippen LogP contribution in [0.1, 0.15) is 6.92 Å². The number of hydrogen-bond acceptors (Lipinski definition) is 0. The van der Waals surface area contributed by atoms with Crippen LogP contribution in [0.5, 0.6) is 0 Å². The van der Waals surface area contributed by atoms with E-state index in [0.717, 1.165) is 0 Å². The third kappa shape index (κ3) is 68.3. The van der Waals surface area contributed by atoms with Crippen molar-refractivity contribution in [3.63, 3.8) is 0 Å². The maximum Gasteiger partial charge on any atom is 0.0866 e. The van der Waals surface area contributed by atoms with Gasteiger partial charge < -0.3 is 0 Å². The van der Waals surface area contributed by atoms with Gasteiger partial charge in [0.05, 0.1) is 6.67 Å². The first-order valence-electron chi connectivity index (χ1n) is 0.974. The van der Waals surface area contributed by atoms with Gasteiger partial charge in [0.25, 0.3) is 0 Å². The molecule has 0 N–H and O–H groups in total. The molecule has 0 heterocycles. The van der Waals surface area contributed by atoms with Crippen molar-refractivity contribution >= 4 is 12.4 Å². The molecule has 2 heteroatoms. The zero-order valence-electron chi connectivity index (χ0n) is 2.49. The van der Waals surface area contributed by atoms with Gasteiger partial charge in [0.15, 0.2) is 0 Å². The Labute approximate surface area is 31.4 Å². The summed E-state index contributed by atoms with van der Waals surface area (Å²) in [5.74, 6) is 0. The summed E-state index contributed by atoms with van der Waals surface area (Å²) in [5.41, 5.74) is 0. The molecular formula is C2H6ClF. The molecule has 0 bridgehead atoms. The normalized spacial score (nSPS) is 4.50. The van der Waals surface area contributed by atoms with Crippen molar-refractivity contribution in [1.29, 1.82) is 0 Å². The van der Waals surface area contributed by atoms with E-state index in [2.05, 4.69) is 0 Å². The third-order valence-corrected chi connectivity index (χ3v) is 0. The summed E-state index contributed by atoms with van der Waals surface area (Å²) in [7, 11) is 0. The second-order valence-electron chi connectivity index (χ2n) is 0.267. The molecule has 0 rings (SSSR count). The fourth-order valence-electron chi connectivity index (χ4n) is 0. The molecule has 0 radical (unpaired) electrons. The Bertz CT molecular complexity index is 6.00. The van der Waals surface area contributed by atoms with Gasteiger partial charge in [-0.05, 0) is 6.92 Å². The van der Waals surface area contributed by atoms with Gasteiger partial charge >= 0.3 is 0 Å². The van der Waals surface area contributed by atoms with Gasteiger partial charge in [-0.25, -0.2) is 0 Å². The summed E-state index contributed by atoms with van der Waals surface area (Å²) in [6.45, 7) is 1.21. The van der Waals surface area contributed by atoms with Crippen LogP contribution >= 0.6 is 12.4 Å². The molecule has 0 saturated heterocycles. The topological polar surface area (TPSA) is 0 Å². The molecule has 0 amide bonds. The molecule has 28 valence electrons. The van der Waals surface area contributed by atoms with Crippen molar-refractivity contribution in [2.45, 2.75) is 6.92 Å². The van der Waals surface area contributed by atoms with Gasteiger partial charge in [0.1, 0.15) is 0 Å². The maximum absolute atomic E-state index is 10.3. The Morgan fingerprint density at radius 1 is 1.75 bits per heavy atom. The average Bonchev–Trinajstić information content (AvgIpc) is 0.918. The van der Waals surface area contributed by atoms with Crippen LogP contribution in [-0.4, -0.2) is 6.67 Å². The highest BCUT2D eigenvalue weighted by Crippen LogP contribution is 1.48. The summed E-state index contributed by atoms with van der Waals surface area (Å²) < 4.78 is 10.3. The molecule has 0 aliphatic carbocycles. The van der Waals surface area contributed by atoms with Crippen LogP contribution in [0.2, 0.25) is 0 Å². The van der Waals surface area contributed by atoms with Crippen LogP contribution in [-0.2, 0) is 0 Å². The number of hydrogen-bond donors (Lipinski definition) is 0. The molecule has 0 atom stereocenters. The molecule has 0 fully saturated rings. The lowest BCUT2D eigenvalue weighted by Gasteiger charge is -1.45. The second-order valence-corrected chi connectivity index (χ2v) is 0.267. The molecule has 0 aromatic rings. The summed E-state index contributed by atoms with van der Waals surface area (Å²) in [5, 5.41) is 0. The fourth-order valence-corrected chi connectivity index (χ4v) is 0. The number of rotatable bonds is 0. The van der Waals surface area contributed by atoms with E-state index in [-0.39, 0.29) is 19.1 Å². The predicted octanol–water partition coefficient (Wildman–Crippen LogP) is 1.40. The van der Waals surface area contributed by atoms with Crippen molar-refractivity contribution < 1.29 is 4.39 Å². The van der Waals surface area contributed by atoms with Crippen molar-refractivity contribution in [2.24, 2.45) is 0 Å². The van der Waals surface area contributed by atoms with E-state index in [1.54, 1.807) is 0 Å². The van der Waals surface area contributed by atoms with Gasteiger partial charge in [0.2, 0.25) is 0 Å². The van der Waals surface area contributed by atoms with Gasteiger partial charge in [-0.3, -0.25) is 4.39 Å². The van der Waals surface area contributed by atoms with E-state index in [1.165, 1.54) is 6.92 Å². The van der Waals surface area contributed by atoms with Gasteiger partial charge in [-0.2, -0.15) is 0 Å². The molecule has 4 heavy (non-hydrogen) atoms. The summed E-state index contributed by atoms with van der Waals surface area (Å²) in [6.07, 6.45) is 0. The van der Waals surface area contributed by atoms with E-state index < -0.39 is 0 Å². The molecule has 0 aromatic carbocycles. The van der Waals surface area contributed by atoms with Crippen LogP contribution in [0.25, 0.3) is 0 Å². The minimum atomic E-state index is -0.250. The molecule has 0 aromatic heterocycles. The molecule has 0 nitrogen and oxygen atoms in total. The minimum absolute atomic E-state index is 0. The van der Waals surface area contributed by atoms with Crippen molar-refractivity contribution in [1.82, 2.24) is 0 Å². The first kappa shape index (κ1) is 8.88. The number of alkyl halides is 1. The highest BCUT2D eigenvalue weighted by atomic mass is 35.5. The number of halogens is 2. The van der Waals surface area contributed by atoms with E-state index in [9.17, 15) is 4.39 Å². The van der Waals surface area contributed by atoms with Gasteiger partial charge in [0, 0.05) is 0 Å². The Morgan fingerprint density at radius 3 is 1.75 bits per heavy atom. The Hall–Kier alpha value is 0.220. The molecule has 0 aliphatic rings. The Balaban J connectivity index is 0. The lowest BCUT2D eigenvalue weighted by molar-refractivity contribution is 0.527. The first-order valence-corrected chi connectivity index (χ1v) is 0.974. The van der Waals surface area contributed by atoms with Crippen molar-refractivity contribution in [3.8, 4) is 0 Å². The van der Waals surface area contributed by atoms with E-state index in [1.807, 2.05) is 0 Å². The molecule has 0 aliphatic heterocycles. The van der Waals surface area contributed by atoms with Crippen LogP contribution in [0, 0.1) is 0 Å². The lowest BCUT2D eigenvalue weighted by Crippen LogP contribution is -1.40. The highest BCUT2D eigenvalue weighted by Gasteiger charge is 1.39. The van der Waals surface area contributed by atoms with Crippen LogP contribution in [0.4, 0.5) is 4.39 Å².